The molecule has 0 bridgehead atoms. The Morgan fingerprint density at radius 2 is 1.69 bits per heavy atom. The zero-order valence-electron chi connectivity index (χ0n) is 10.4. The first-order valence-corrected chi connectivity index (χ1v) is 5.81. The van der Waals surface area contributed by atoms with Crippen LogP contribution in [0.4, 0.5) is 0 Å². The Bertz CT molecular complexity index is 123. The fourth-order valence-corrected chi connectivity index (χ4v) is 2.06. The highest BCUT2D eigenvalue weighted by molar-refractivity contribution is 4.92. The van der Waals surface area contributed by atoms with E-state index in [1.807, 2.05) is 13.8 Å². The lowest BCUT2D eigenvalue weighted by Crippen LogP contribution is -2.56. The molecular weight excluding hydrogens is 158 g/mol. The third-order valence-electron chi connectivity index (χ3n) is 2.75. The summed E-state index contributed by atoms with van der Waals surface area (Å²) in [7, 11) is 0. The maximum Gasteiger partial charge on any atom is 0.00505 e. The molecule has 0 radical (unpaired) electrons. The minimum absolute atomic E-state index is 0.652. The Balaban J connectivity index is 0.000000671. The first-order valence-electron chi connectivity index (χ1n) is 5.81. The summed E-state index contributed by atoms with van der Waals surface area (Å²) in [6, 6.07) is 0.750. The molecule has 1 rings (SSSR count). The van der Waals surface area contributed by atoms with Gasteiger partial charge in [-0.15, -0.1) is 0 Å². The predicted octanol–water partition coefficient (Wildman–Crippen LogP) is 3.54. The average molecular weight is 185 g/mol. The van der Waals surface area contributed by atoms with E-state index in [-0.39, 0.29) is 0 Å². The van der Waals surface area contributed by atoms with Crippen molar-refractivity contribution < 1.29 is 0 Å². The zero-order valence-corrected chi connectivity index (χ0v) is 10.4. The van der Waals surface area contributed by atoms with Gasteiger partial charge in [0.05, 0.1) is 0 Å². The van der Waals surface area contributed by atoms with Crippen molar-refractivity contribution >= 4 is 0 Å². The molecule has 80 valence electrons. The molecule has 0 atom stereocenters. The van der Waals surface area contributed by atoms with Crippen molar-refractivity contribution in [3.63, 3.8) is 0 Å². The summed E-state index contributed by atoms with van der Waals surface area (Å²) in [6.07, 6.45) is 2.73. The molecule has 0 spiro atoms. The van der Waals surface area contributed by atoms with Gasteiger partial charge >= 0.3 is 0 Å². The largest absolute Gasteiger partial charge is 0.300 e. The van der Waals surface area contributed by atoms with E-state index < -0.39 is 0 Å². The third kappa shape index (κ3) is 3.68. The average Bonchev–Trinajstić information content (AvgIpc) is 2.04. The molecule has 1 heterocycles. The van der Waals surface area contributed by atoms with E-state index >= 15 is 0 Å². The molecule has 0 aromatic rings. The molecule has 13 heavy (non-hydrogen) atoms. The molecule has 0 N–H and O–H groups in total. The predicted molar refractivity (Wildman–Crippen MR) is 61.1 cm³/mol. The molecule has 0 aromatic heterocycles. The van der Waals surface area contributed by atoms with Gasteiger partial charge in [-0.25, -0.2) is 0 Å². The number of hydrogen-bond donors (Lipinski definition) is 0. The highest BCUT2D eigenvalue weighted by Gasteiger charge is 2.38. The summed E-state index contributed by atoms with van der Waals surface area (Å²) >= 11 is 0. The van der Waals surface area contributed by atoms with Crippen LogP contribution in [0.2, 0.25) is 0 Å². The fourth-order valence-electron chi connectivity index (χ4n) is 2.06. The molecule has 0 saturated carbocycles. The second-order valence-electron chi connectivity index (χ2n) is 4.56. The normalized spacial score (nSPS) is 20.5. The fraction of sp³-hybridized carbons (Fsp3) is 1.00. The van der Waals surface area contributed by atoms with Crippen LogP contribution in [0.25, 0.3) is 0 Å². The van der Waals surface area contributed by atoms with Gasteiger partial charge in [-0.3, -0.25) is 4.90 Å². The van der Waals surface area contributed by atoms with Gasteiger partial charge in [0.15, 0.2) is 0 Å². The van der Waals surface area contributed by atoms with E-state index in [4.69, 9.17) is 0 Å². The van der Waals surface area contributed by atoms with Gasteiger partial charge in [-0.2, -0.15) is 0 Å². The monoisotopic (exact) mass is 185 g/mol. The van der Waals surface area contributed by atoms with Gasteiger partial charge in [0.1, 0.15) is 0 Å². The van der Waals surface area contributed by atoms with Crippen molar-refractivity contribution in [3.8, 4) is 0 Å². The molecule has 0 unspecified atom stereocenters. The molecule has 0 aromatic carbocycles. The van der Waals surface area contributed by atoms with Crippen LogP contribution in [0.3, 0.4) is 0 Å². The van der Waals surface area contributed by atoms with Crippen LogP contribution < -0.4 is 0 Å². The SMILES string of the molecule is CC.CCCC1(C)CN(C(C)C)C1. The topological polar surface area (TPSA) is 3.24 Å². The first-order chi connectivity index (χ1) is 6.07. The minimum Gasteiger partial charge on any atom is -0.300 e. The highest BCUT2D eigenvalue weighted by atomic mass is 15.2. The van der Waals surface area contributed by atoms with Crippen molar-refractivity contribution in [2.45, 2.75) is 60.4 Å². The molecule has 1 aliphatic heterocycles. The first kappa shape index (κ1) is 13.0. The number of likely N-dealkylation sites (tertiary alicyclic amines) is 1. The molecule has 0 aliphatic carbocycles. The van der Waals surface area contributed by atoms with Gasteiger partial charge in [-0.05, 0) is 25.7 Å². The summed E-state index contributed by atoms with van der Waals surface area (Å²) in [4.78, 5) is 2.55. The van der Waals surface area contributed by atoms with Gasteiger partial charge in [0.2, 0.25) is 0 Å². The number of nitrogens with zero attached hydrogens (tertiary/aromatic N) is 1. The minimum atomic E-state index is 0.652. The number of rotatable bonds is 3. The van der Waals surface area contributed by atoms with E-state index in [1.165, 1.54) is 25.9 Å². The van der Waals surface area contributed by atoms with Crippen LogP contribution in [0.1, 0.15) is 54.4 Å². The van der Waals surface area contributed by atoms with Crippen molar-refractivity contribution in [1.29, 1.82) is 0 Å². The summed E-state index contributed by atoms with van der Waals surface area (Å²) in [5, 5.41) is 0. The van der Waals surface area contributed by atoms with Gasteiger partial charge in [0.25, 0.3) is 0 Å². The molecule has 1 fully saturated rings. The molecule has 1 saturated heterocycles. The van der Waals surface area contributed by atoms with E-state index in [1.54, 1.807) is 0 Å². The second kappa shape index (κ2) is 5.64. The summed E-state index contributed by atoms with van der Waals surface area (Å²) in [5.41, 5.74) is 0.652. The summed E-state index contributed by atoms with van der Waals surface area (Å²) in [5.74, 6) is 0. The van der Waals surface area contributed by atoms with Gasteiger partial charge < -0.3 is 0 Å². The Labute approximate surface area is 84.5 Å². The molecule has 1 aliphatic rings. The Morgan fingerprint density at radius 3 is 2.00 bits per heavy atom. The van der Waals surface area contributed by atoms with Crippen LogP contribution in [0.5, 0.6) is 0 Å². The second-order valence-corrected chi connectivity index (χ2v) is 4.56. The Kier molecular flexibility index (Phi) is 5.62. The van der Waals surface area contributed by atoms with Crippen molar-refractivity contribution in [2.24, 2.45) is 5.41 Å². The summed E-state index contributed by atoms with van der Waals surface area (Å²) in [6.45, 7) is 15.9. The Morgan fingerprint density at radius 1 is 1.23 bits per heavy atom. The molecule has 1 heteroatoms. The zero-order chi connectivity index (χ0) is 10.5. The van der Waals surface area contributed by atoms with Crippen molar-refractivity contribution in [2.75, 3.05) is 13.1 Å². The lowest BCUT2D eigenvalue weighted by molar-refractivity contribution is -0.0144. The van der Waals surface area contributed by atoms with Crippen LogP contribution in [0, 0.1) is 5.41 Å². The standard InChI is InChI=1S/C10H21N.C2H6/c1-5-6-10(4)7-11(8-10)9(2)3;1-2/h9H,5-8H2,1-4H3;1-2H3. The summed E-state index contributed by atoms with van der Waals surface area (Å²) < 4.78 is 0. The molecule has 1 nitrogen and oxygen atoms in total. The number of hydrogen-bond acceptors (Lipinski definition) is 1. The molecular formula is C12H27N. The third-order valence-corrected chi connectivity index (χ3v) is 2.75. The lowest BCUT2D eigenvalue weighted by atomic mass is 9.77. The maximum atomic E-state index is 2.55. The maximum absolute atomic E-state index is 2.55. The highest BCUT2D eigenvalue weighted by Crippen LogP contribution is 2.35. The van der Waals surface area contributed by atoms with Gasteiger partial charge in [-0.1, -0.05) is 34.1 Å². The van der Waals surface area contributed by atoms with E-state index in [0.717, 1.165) is 6.04 Å². The van der Waals surface area contributed by atoms with Crippen LogP contribution in [-0.4, -0.2) is 24.0 Å². The lowest BCUT2D eigenvalue weighted by Gasteiger charge is -2.50. The quantitative estimate of drug-likeness (QED) is 0.650. The van der Waals surface area contributed by atoms with E-state index in [9.17, 15) is 0 Å². The smallest absolute Gasteiger partial charge is 0.00505 e. The molecule has 0 amide bonds. The van der Waals surface area contributed by atoms with Gasteiger partial charge in [0, 0.05) is 19.1 Å². The Hall–Kier alpha value is -0.0400. The van der Waals surface area contributed by atoms with Crippen LogP contribution >= 0.6 is 0 Å². The van der Waals surface area contributed by atoms with E-state index in [0.29, 0.717) is 5.41 Å². The van der Waals surface area contributed by atoms with Crippen molar-refractivity contribution in [3.05, 3.63) is 0 Å². The van der Waals surface area contributed by atoms with E-state index in [2.05, 4.69) is 32.6 Å². The van der Waals surface area contributed by atoms with Crippen molar-refractivity contribution in [1.82, 2.24) is 4.90 Å². The van der Waals surface area contributed by atoms with Crippen LogP contribution in [0.15, 0.2) is 0 Å². The van der Waals surface area contributed by atoms with Crippen LogP contribution in [-0.2, 0) is 0 Å².